The highest BCUT2D eigenvalue weighted by Crippen LogP contribution is 2.23. The van der Waals surface area contributed by atoms with Gasteiger partial charge in [-0.3, -0.25) is 9.78 Å². The maximum atomic E-state index is 12.5. The number of nitrogens with zero attached hydrogens (tertiary/aromatic N) is 6. The van der Waals surface area contributed by atoms with E-state index in [1.54, 1.807) is 29.4 Å². The van der Waals surface area contributed by atoms with Crippen LogP contribution in [0.2, 0.25) is 0 Å². The number of aromatic nitrogens is 5. The second kappa shape index (κ2) is 6.46. The van der Waals surface area contributed by atoms with Crippen LogP contribution < -0.4 is 0 Å². The standard InChI is InChI=1S/C17H18N6O2/c1-22-9-7-19-15(22)17(24)23-8-4-12(11-23)10-14-20-16(25-21-14)13-2-5-18-6-3-13/h2-3,5-7,9,12H,4,8,10-11H2,1H3. The first-order valence-electron chi connectivity index (χ1n) is 8.20. The summed E-state index contributed by atoms with van der Waals surface area (Å²) in [7, 11) is 1.83. The lowest BCUT2D eigenvalue weighted by molar-refractivity contribution is 0.0771. The monoisotopic (exact) mass is 338 g/mol. The predicted molar refractivity (Wildman–Crippen MR) is 88.5 cm³/mol. The van der Waals surface area contributed by atoms with E-state index in [1.807, 2.05) is 24.1 Å². The van der Waals surface area contributed by atoms with Gasteiger partial charge in [-0.1, -0.05) is 5.16 Å². The number of pyridine rings is 1. The fraction of sp³-hybridized carbons (Fsp3) is 0.353. The Bertz CT molecular complexity index is 872. The Labute approximate surface area is 144 Å². The quantitative estimate of drug-likeness (QED) is 0.717. The molecule has 1 aliphatic rings. The first kappa shape index (κ1) is 15.5. The Morgan fingerprint density at radius 2 is 2.16 bits per heavy atom. The van der Waals surface area contributed by atoms with E-state index in [0.29, 0.717) is 36.4 Å². The Morgan fingerprint density at radius 3 is 2.92 bits per heavy atom. The van der Waals surface area contributed by atoms with Crippen LogP contribution in [0.15, 0.2) is 41.4 Å². The first-order valence-corrected chi connectivity index (χ1v) is 8.20. The number of hydrogen-bond acceptors (Lipinski definition) is 6. The van der Waals surface area contributed by atoms with Crippen molar-refractivity contribution in [3.8, 4) is 11.5 Å². The summed E-state index contributed by atoms with van der Waals surface area (Å²) in [6.07, 6.45) is 8.42. The van der Waals surface area contributed by atoms with Gasteiger partial charge in [0, 0.05) is 56.9 Å². The Hall–Kier alpha value is -3.03. The van der Waals surface area contributed by atoms with E-state index < -0.39 is 0 Å². The lowest BCUT2D eigenvalue weighted by Crippen LogP contribution is -2.31. The summed E-state index contributed by atoms with van der Waals surface area (Å²) >= 11 is 0. The highest BCUT2D eigenvalue weighted by molar-refractivity contribution is 5.91. The third-order valence-electron chi connectivity index (χ3n) is 4.45. The summed E-state index contributed by atoms with van der Waals surface area (Å²) in [6, 6.07) is 3.67. The van der Waals surface area contributed by atoms with Crippen molar-refractivity contribution in [3.05, 3.63) is 48.6 Å². The molecule has 1 saturated heterocycles. The molecule has 3 aromatic heterocycles. The number of amides is 1. The van der Waals surface area contributed by atoms with Crippen molar-refractivity contribution >= 4 is 5.91 Å². The van der Waals surface area contributed by atoms with Crippen molar-refractivity contribution in [1.29, 1.82) is 0 Å². The molecule has 0 aliphatic carbocycles. The second-order valence-corrected chi connectivity index (χ2v) is 6.22. The molecule has 1 atom stereocenters. The van der Waals surface area contributed by atoms with Gasteiger partial charge in [-0.25, -0.2) is 4.98 Å². The summed E-state index contributed by atoms with van der Waals surface area (Å²) in [4.78, 5) is 26.9. The zero-order valence-electron chi connectivity index (χ0n) is 13.9. The normalized spacial score (nSPS) is 17.2. The molecule has 0 spiro atoms. The van der Waals surface area contributed by atoms with Gasteiger partial charge < -0.3 is 14.0 Å². The maximum Gasteiger partial charge on any atom is 0.289 e. The fourth-order valence-electron chi connectivity index (χ4n) is 3.10. The van der Waals surface area contributed by atoms with Crippen LogP contribution in [0.25, 0.3) is 11.5 Å². The largest absolute Gasteiger partial charge is 0.336 e. The summed E-state index contributed by atoms with van der Waals surface area (Å²) in [6.45, 7) is 1.41. The predicted octanol–water partition coefficient (Wildman–Crippen LogP) is 1.57. The first-order chi connectivity index (χ1) is 12.2. The number of carbonyl (C=O) groups is 1. The van der Waals surface area contributed by atoms with Gasteiger partial charge in [-0.15, -0.1) is 0 Å². The Morgan fingerprint density at radius 1 is 1.32 bits per heavy atom. The van der Waals surface area contributed by atoms with Gasteiger partial charge in [0.25, 0.3) is 11.8 Å². The van der Waals surface area contributed by atoms with Crippen molar-refractivity contribution in [1.82, 2.24) is 29.6 Å². The van der Waals surface area contributed by atoms with Crippen molar-refractivity contribution < 1.29 is 9.32 Å². The minimum atomic E-state index is -0.0272. The molecule has 0 saturated carbocycles. The number of carbonyl (C=O) groups excluding carboxylic acids is 1. The molecule has 3 aromatic rings. The van der Waals surface area contributed by atoms with Crippen molar-refractivity contribution in [2.24, 2.45) is 13.0 Å². The van der Waals surface area contributed by atoms with E-state index in [0.717, 1.165) is 18.5 Å². The number of rotatable bonds is 4. The Kier molecular flexibility index (Phi) is 4.01. The van der Waals surface area contributed by atoms with Crippen LogP contribution >= 0.6 is 0 Å². The summed E-state index contributed by atoms with van der Waals surface area (Å²) in [5.74, 6) is 1.94. The molecule has 0 bridgehead atoms. The summed E-state index contributed by atoms with van der Waals surface area (Å²) in [5.41, 5.74) is 0.853. The molecule has 0 N–H and O–H groups in total. The lowest BCUT2D eigenvalue weighted by Gasteiger charge is -2.15. The molecule has 25 heavy (non-hydrogen) atoms. The topological polar surface area (TPSA) is 89.9 Å². The van der Waals surface area contributed by atoms with Gasteiger partial charge in [0.05, 0.1) is 0 Å². The average Bonchev–Trinajstić information content (AvgIpc) is 3.37. The number of imidazole rings is 1. The molecular formula is C17H18N6O2. The smallest absolute Gasteiger partial charge is 0.289 e. The van der Waals surface area contributed by atoms with Gasteiger partial charge in [-0.2, -0.15) is 4.98 Å². The molecule has 8 heteroatoms. The zero-order chi connectivity index (χ0) is 17.2. The minimum absolute atomic E-state index is 0.0272. The molecule has 1 unspecified atom stereocenters. The van der Waals surface area contributed by atoms with E-state index in [9.17, 15) is 4.79 Å². The van der Waals surface area contributed by atoms with Crippen molar-refractivity contribution in [3.63, 3.8) is 0 Å². The minimum Gasteiger partial charge on any atom is -0.336 e. The highest BCUT2D eigenvalue weighted by Gasteiger charge is 2.29. The lowest BCUT2D eigenvalue weighted by atomic mass is 10.1. The van der Waals surface area contributed by atoms with Crippen molar-refractivity contribution in [2.45, 2.75) is 12.8 Å². The molecule has 4 heterocycles. The molecule has 8 nitrogen and oxygen atoms in total. The number of hydrogen-bond donors (Lipinski definition) is 0. The van der Waals surface area contributed by atoms with E-state index in [1.165, 1.54) is 0 Å². The van der Waals surface area contributed by atoms with Crippen molar-refractivity contribution in [2.75, 3.05) is 13.1 Å². The number of aryl methyl sites for hydroxylation is 1. The van der Waals surface area contributed by atoms with Gasteiger partial charge >= 0.3 is 0 Å². The van der Waals surface area contributed by atoms with Gasteiger partial charge in [0.1, 0.15) is 0 Å². The van der Waals surface area contributed by atoms with Crippen LogP contribution in [-0.4, -0.2) is 48.6 Å². The van der Waals surface area contributed by atoms with Gasteiger partial charge in [-0.05, 0) is 24.5 Å². The third kappa shape index (κ3) is 3.15. The molecule has 4 rings (SSSR count). The highest BCUT2D eigenvalue weighted by atomic mass is 16.5. The molecule has 0 radical (unpaired) electrons. The molecule has 128 valence electrons. The fourth-order valence-corrected chi connectivity index (χ4v) is 3.10. The van der Waals surface area contributed by atoms with E-state index in [4.69, 9.17) is 4.52 Å². The van der Waals surface area contributed by atoms with Crippen LogP contribution in [-0.2, 0) is 13.5 Å². The SMILES string of the molecule is Cn1ccnc1C(=O)N1CCC(Cc2noc(-c3ccncc3)n2)C1. The third-order valence-corrected chi connectivity index (χ3v) is 4.45. The molecule has 1 aliphatic heterocycles. The summed E-state index contributed by atoms with van der Waals surface area (Å²) < 4.78 is 7.07. The Balaban J connectivity index is 1.39. The van der Waals surface area contributed by atoms with Crippen LogP contribution in [0.1, 0.15) is 22.9 Å². The molecule has 1 fully saturated rings. The zero-order valence-corrected chi connectivity index (χ0v) is 13.9. The van der Waals surface area contributed by atoms with Crippen LogP contribution in [0.5, 0.6) is 0 Å². The second-order valence-electron chi connectivity index (χ2n) is 6.22. The number of likely N-dealkylation sites (tertiary alicyclic amines) is 1. The summed E-state index contributed by atoms with van der Waals surface area (Å²) in [5, 5.41) is 4.06. The maximum absolute atomic E-state index is 12.5. The van der Waals surface area contributed by atoms with Crippen LogP contribution in [0.3, 0.4) is 0 Å². The van der Waals surface area contributed by atoms with E-state index in [2.05, 4.69) is 20.1 Å². The van der Waals surface area contributed by atoms with Crippen LogP contribution in [0.4, 0.5) is 0 Å². The van der Waals surface area contributed by atoms with Gasteiger partial charge in [0.15, 0.2) is 11.6 Å². The molecule has 0 aromatic carbocycles. The average molecular weight is 338 g/mol. The van der Waals surface area contributed by atoms with E-state index in [-0.39, 0.29) is 5.91 Å². The molecule has 1 amide bonds. The van der Waals surface area contributed by atoms with Crippen LogP contribution in [0, 0.1) is 5.92 Å². The van der Waals surface area contributed by atoms with Gasteiger partial charge in [0.2, 0.25) is 0 Å². The molecular weight excluding hydrogens is 320 g/mol. The van der Waals surface area contributed by atoms with E-state index >= 15 is 0 Å².